The van der Waals surface area contributed by atoms with Gasteiger partial charge in [0.15, 0.2) is 6.29 Å². The molecule has 0 radical (unpaired) electrons. The molecule has 1 fully saturated rings. The van der Waals surface area contributed by atoms with Crippen LogP contribution in [-0.4, -0.2) is 30.2 Å². The minimum absolute atomic E-state index is 0.00671. The average Bonchev–Trinajstić information content (AvgIpc) is 2.18. The summed E-state index contributed by atoms with van der Waals surface area (Å²) in [5, 5.41) is 9.74. The summed E-state index contributed by atoms with van der Waals surface area (Å²) in [6, 6.07) is 0. The Hall–Kier alpha value is -0.120. The van der Waals surface area contributed by atoms with Gasteiger partial charge in [-0.3, -0.25) is 0 Å². The topological polar surface area (TPSA) is 38.7 Å². The summed E-state index contributed by atoms with van der Waals surface area (Å²) in [5.41, 5.74) is -0.614. The molecule has 1 rings (SSSR count). The molecular weight excluding hydrogens is 192 g/mol. The van der Waals surface area contributed by atoms with Gasteiger partial charge in [-0.05, 0) is 45.4 Å². The molecule has 0 aromatic carbocycles. The van der Waals surface area contributed by atoms with Crippen LogP contribution in [0.15, 0.2) is 0 Å². The maximum absolute atomic E-state index is 9.74. The zero-order chi connectivity index (χ0) is 11.3. The van der Waals surface area contributed by atoms with Gasteiger partial charge in [0.1, 0.15) is 0 Å². The highest BCUT2D eigenvalue weighted by molar-refractivity contribution is 4.73. The molecule has 0 spiro atoms. The maximum Gasteiger partial charge on any atom is 0.157 e. The first-order valence-electron chi connectivity index (χ1n) is 5.95. The molecule has 3 heteroatoms. The van der Waals surface area contributed by atoms with Crippen LogP contribution in [0.5, 0.6) is 0 Å². The molecule has 1 aliphatic rings. The van der Waals surface area contributed by atoms with E-state index in [1.165, 1.54) is 6.42 Å². The van der Waals surface area contributed by atoms with Crippen LogP contribution in [-0.2, 0) is 9.47 Å². The predicted molar refractivity (Wildman–Crippen MR) is 59.6 cm³/mol. The van der Waals surface area contributed by atoms with Crippen LogP contribution in [0, 0.1) is 5.92 Å². The van der Waals surface area contributed by atoms with Gasteiger partial charge < -0.3 is 14.6 Å². The Morgan fingerprint density at radius 3 is 2.73 bits per heavy atom. The van der Waals surface area contributed by atoms with E-state index in [1.54, 1.807) is 0 Å². The van der Waals surface area contributed by atoms with E-state index in [9.17, 15) is 5.11 Å². The van der Waals surface area contributed by atoms with Crippen molar-refractivity contribution in [1.29, 1.82) is 0 Å². The predicted octanol–water partition coefficient (Wildman–Crippen LogP) is 2.33. The smallest absolute Gasteiger partial charge is 0.157 e. The molecule has 1 saturated heterocycles. The molecule has 1 heterocycles. The lowest BCUT2D eigenvalue weighted by molar-refractivity contribution is -0.166. The fourth-order valence-electron chi connectivity index (χ4n) is 1.57. The summed E-state index contributed by atoms with van der Waals surface area (Å²) in [4.78, 5) is 0. The van der Waals surface area contributed by atoms with Crippen LogP contribution in [0.4, 0.5) is 0 Å². The van der Waals surface area contributed by atoms with Gasteiger partial charge >= 0.3 is 0 Å². The van der Waals surface area contributed by atoms with Crippen LogP contribution in [0.2, 0.25) is 0 Å². The molecule has 0 aromatic rings. The summed E-state index contributed by atoms with van der Waals surface area (Å²) in [6.07, 6.45) is 4.24. The molecule has 1 aliphatic heterocycles. The van der Waals surface area contributed by atoms with Gasteiger partial charge in [-0.25, -0.2) is 0 Å². The molecule has 0 aliphatic carbocycles. The second-order valence-corrected chi connectivity index (χ2v) is 5.01. The van der Waals surface area contributed by atoms with Crippen molar-refractivity contribution in [2.75, 3.05) is 13.2 Å². The zero-order valence-electron chi connectivity index (χ0n) is 10.2. The highest BCUT2D eigenvalue weighted by Crippen LogP contribution is 2.20. The Balaban J connectivity index is 2.10. The number of hydrogen-bond donors (Lipinski definition) is 1. The number of hydrogen-bond acceptors (Lipinski definition) is 3. The third-order valence-corrected chi connectivity index (χ3v) is 3.20. The molecule has 0 saturated carbocycles. The van der Waals surface area contributed by atoms with Gasteiger partial charge in [-0.2, -0.15) is 0 Å². The van der Waals surface area contributed by atoms with Crippen LogP contribution in [0.25, 0.3) is 0 Å². The SMILES string of the molecule is CC(CCOC1CCCCO1)C(C)(C)O. The van der Waals surface area contributed by atoms with Gasteiger partial charge in [-0.1, -0.05) is 6.92 Å². The molecule has 0 aromatic heterocycles. The minimum atomic E-state index is -0.614. The first kappa shape index (κ1) is 12.9. The highest BCUT2D eigenvalue weighted by atomic mass is 16.7. The summed E-state index contributed by atoms with van der Waals surface area (Å²) in [7, 11) is 0. The second-order valence-electron chi connectivity index (χ2n) is 5.01. The second kappa shape index (κ2) is 5.83. The van der Waals surface area contributed by atoms with Gasteiger partial charge in [-0.15, -0.1) is 0 Å². The van der Waals surface area contributed by atoms with E-state index in [4.69, 9.17) is 9.47 Å². The first-order valence-corrected chi connectivity index (χ1v) is 5.95. The lowest BCUT2D eigenvalue weighted by Crippen LogP contribution is -2.30. The zero-order valence-corrected chi connectivity index (χ0v) is 10.2. The first-order chi connectivity index (χ1) is 7.00. The molecular formula is C12H24O3. The van der Waals surface area contributed by atoms with E-state index in [0.717, 1.165) is 25.9 Å². The molecule has 15 heavy (non-hydrogen) atoms. The van der Waals surface area contributed by atoms with Crippen molar-refractivity contribution in [1.82, 2.24) is 0 Å². The third kappa shape index (κ3) is 4.96. The van der Waals surface area contributed by atoms with Crippen LogP contribution >= 0.6 is 0 Å². The van der Waals surface area contributed by atoms with Crippen molar-refractivity contribution in [2.45, 2.75) is 58.3 Å². The average molecular weight is 216 g/mol. The van der Waals surface area contributed by atoms with Crippen molar-refractivity contribution in [3.8, 4) is 0 Å². The molecule has 0 amide bonds. The van der Waals surface area contributed by atoms with Crippen molar-refractivity contribution < 1.29 is 14.6 Å². The number of rotatable bonds is 5. The van der Waals surface area contributed by atoms with Crippen LogP contribution in [0.1, 0.15) is 46.5 Å². The lowest BCUT2D eigenvalue weighted by atomic mass is 9.90. The van der Waals surface area contributed by atoms with Gasteiger partial charge in [0.05, 0.1) is 12.2 Å². The van der Waals surface area contributed by atoms with Gasteiger partial charge in [0.25, 0.3) is 0 Å². The summed E-state index contributed by atoms with van der Waals surface area (Å²) >= 11 is 0. The number of aliphatic hydroxyl groups is 1. The Labute approximate surface area is 92.8 Å². The standard InChI is InChI=1S/C12H24O3/c1-10(12(2,3)13)7-9-15-11-6-4-5-8-14-11/h10-11,13H,4-9H2,1-3H3. The van der Waals surface area contributed by atoms with E-state index >= 15 is 0 Å². The summed E-state index contributed by atoms with van der Waals surface area (Å²) < 4.78 is 11.1. The third-order valence-electron chi connectivity index (χ3n) is 3.20. The molecule has 2 atom stereocenters. The number of ether oxygens (including phenoxy) is 2. The van der Waals surface area contributed by atoms with Crippen molar-refractivity contribution in [2.24, 2.45) is 5.92 Å². The minimum Gasteiger partial charge on any atom is -0.390 e. The van der Waals surface area contributed by atoms with E-state index in [-0.39, 0.29) is 12.2 Å². The van der Waals surface area contributed by atoms with Crippen LogP contribution in [0.3, 0.4) is 0 Å². The molecule has 2 unspecified atom stereocenters. The Bertz CT molecular complexity index is 168. The van der Waals surface area contributed by atoms with Crippen molar-refractivity contribution in [3.05, 3.63) is 0 Å². The van der Waals surface area contributed by atoms with Gasteiger partial charge in [0, 0.05) is 6.61 Å². The van der Waals surface area contributed by atoms with Gasteiger partial charge in [0.2, 0.25) is 0 Å². The normalized spacial score (nSPS) is 25.2. The highest BCUT2D eigenvalue weighted by Gasteiger charge is 2.22. The van der Waals surface area contributed by atoms with Crippen LogP contribution < -0.4 is 0 Å². The lowest BCUT2D eigenvalue weighted by Gasteiger charge is -2.27. The molecule has 90 valence electrons. The summed E-state index contributed by atoms with van der Waals surface area (Å²) in [6.45, 7) is 7.23. The monoisotopic (exact) mass is 216 g/mol. The fourth-order valence-corrected chi connectivity index (χ4v) is 1.57. The Kier molecular flexibility index (Phi) is 5.03. The molecule has 3 nitrogen and oxygen atoms in total. The Morgan fingerprint density at radius 2 is 2.20 bits per heavy atom. The van der Waals surface area contributed by atoms with Crippen molar-refractivity contribution >= 4 is 0 Å². The van der Waals surface area contributed by atoms with E-state index in [0.29, 0.717) is 6.61 Å². The quantitative estimate of drug-likeness (QED) is 0.766. The Morgan fingerprint density at radius 1 is 1.47 bits per heavy atom. The summed E-state index contributed by atoms with van der Waals surface area (Å²) in [5.74, 6) is 0.251. The largest absolute Gasteiger partial charge is 0.390 e. The maximum atomic E-state index is 9.74. The fraction of sp³-hybridized carbons (Fsp3) is 1.00. The molecule has 0 bridgehead atoms. The van der Waals surface area contributed by atoms with Crippen molar-refractivity contribution in [3.63, 3.8) is 0 Å². The molecule has 1 N–H and O–H groups in total. The van der Waals surface area contributed by atoms with E-state index < -0.39 is 5.60 Å². The van der Waals surface area contributed by atoms with E-state index in [2.05, 4.69) is 0 Å². The van der Waals surface area contributed by atoms with E-state index in [1.807, 2.05) is 20.8 Å².